The summed E-state index contributed by atoms with van der Waals surface area (Å²) >= 11 is 6.12. The van der Waals surface area contributed by atoms with Crippen molar-refractivity contribution in [3.63, 3.8) is 0 Å². The standard InChI is InChI=1S/C25H25ClN2O3S/c1-17-23(25(29)24(26)18(2)27-17)21-11-7-19(8-12-21)6-5-15-28(3)16-20-9-13-22(14-10-20)32(4,30)31/h7-14H,15-16H2,1-4H3,(H,27,29). The Balaban J connectivity index is 1.66. The highest BCUT2D eigenvalue weighted by molar-refractivity contribution is 7.90. The molecule has 3 aromatic rings. The third-order valence-electron chi connectivity index (χ3n) is 5.06. The predicted molar refractivity (Wildman–Crippen MR) is 130 cm³/mol. The first-order chi connectivity index (χ1) is 15.1. The van der Waals surface area contributed by atoms with Gasteiger partial charge in [-0.15, -0.1) is 0 Å². The Morgan fingerprint density at radius 3 is 2.22 bits per heavy atom. The van der Waals surface area contributed by atoms with Gasteiger partial charge in [-0.2, -0.15) is 0 Å². The van der Waals surface area contributed by atoms with E-state index in [4.69, 9.17) is 11.6 Å². The zero-order valence-corrected chi connectivity index (χ0v) is 20.1. The summed E-state index contributed by atoms with van der Waals surface area (Å²) in [6, 6.07) is 14.4. The van der Waals surface area contributed by atoms with E-state index in [0.717, 1.165) is 22.4 Å². The summed E-state index contributed by atoms with van der Waals surface area (Å²) in [5.74, 6) is 6.28. The first-order valence-corrected chi connectivity index (χ1v) is 12.3. The molecule has 0 unspecified atom stereocenters. The molecule has 1 N–H and O–H groups in total. The number of nitrogens with zero attached hydrogens (tertiary/aromatic N) is 1. The van der Waals surface area contributed by atoms with Crippen molar-refractivity contribution >= 4 is 21.4 Å². The highest BCUT2D eigenvalue weighted by atomic mass is 35.5. The lowest BCUT2D eigenvalue weighted by atomic mass is 10.0. The Hall–Kier alpha value is -2.85. The molecule has 7 heteroatoms. The lowest BCUT2D eigenvalue weighted by molar-refractivity contribution is 0.369. The van der Waals surface area contributed by atoms with Crippen molar-refractivity contribution in [2.75, 3.05) is 19.8 Å². The smallest absolute Gasteiger partial charge is 0.208 e. The number of aromatic amines is 1. The van der Waals surface area contributed by atoms with Crippen LogP contribution >= 0.6 is 11.6 Å². The highest BCUT2D eigenvalue weighted by Crippen LogP contribution is 2.22. The second-order valence-corrected chi connectivity index (χ2v) is 10.3. The van der Waals surface area contributed by atoms with Gasteiger partial charge in [0.15, 0.2) is 9.84 Å². The van der Waals surface area contributed by atoms with Crippen LogP contribution in [0.5, 0.6) is 0 Å². The van der Waals surface area contributed by atoms with Crippen LogP contribution in [0.1, 0.15) is 22.5 Å². The number of nitrogens with one attached hydrogen (secondary N) is 1. The molecule has 0 saturated heterocycles. The first-order valence-electron chi connectivity index (χ1n) is 10.0. The average Bonchev–Trinajstić information content (AvgIpc) is 2.73. The molecule has 166 valence electrons. The van der Waals surface area contributed by atoms with Gasteiger partial charge >= 0.3 is 0 Å². The molecule has 0 fully saturated rings. The summed E-state index contributed by atoms with van der Waals surface area (Å²) in [4.78, 5) is 18.1. The fraction of sp³-hybridized carbons (Fsp3) is 0.240. The van der Waals surface area contributed by atoms with Crippen LogP contribution in [-0.2, 0) is 16.4 Å². The number of aryl methyl sites for hydroxylation is 2. The van der Waals surface area contributed by atoms with Gasteiger partial charge in [0, 0.05) is 35.3 Å². The summed E-state index contributed by atoms with van der Waals surface area (Å²) in [6.45, 7) is 4.86. The molecule has 0 saturated carbocycles. The topological polar surface area (TPSA) is 70.2 Å². The Bertz CT molecular complexity index is 1350. The molecule has 0 aliphatic rings. The summed E-state index contributed by atoms with van der Waals surface area (Å²) < 4.78 is 23.1. The van der Waals surface area contributed by atoms with E-state index in [1.165, 1.54) is 6.26 Å². The Kier molecular flexibility index (Phi) is 7.25. The molecule has 0 bridgehead atoms. The molecule has 0 aliphatic carbocycles. The van der Waals surface area contributed by atoms with E-state index in [9.17, 15) is 13.2 Å². The van der Waals surface area contributed by atoms with E-state index in [2.05, 4.69) is 16.8 Å². The van der Waals surface area contributed by atoms with Crippen LogP contribution in [-0.4, -0.2) is 38.1 Å². The number of pyridine rings is 1. The number of aromatic nitrogens is 1. The summed E-state index contributed by atoms with van der Waals surface area (Å²) in [5, 5.41) is 0.212. The van der Waals surface area contributed by atoms with Crippen molar-refractivity contribution in [1.82, 2.24) is 9.88 Å². The van der Waals surface area contributed by atoms with Crippen LogP contribution < -0.4 is 5.43 Å². The van der Waals surface area contributed by atoms with Gasteiger partial charge in [0.05, 0.1) is 11.4 Å². The third-order valence-corrected chi connectivity index (χ3v) is 6.65. The number of hydrogen-bond donors (Lipinski definition) is 1. The molecule has 0 radical (unpaired) electrons. The van der Waals surface area contributed by atoms with E-state index < -0.39 is 9.84 Å². The number of benzene rings is 2. The van der Waals surface area contributed by atoms with Crippen molar-refractivity contribution in [2.24, 2.45) is 0 Å². The van der Waals surface area contributed by atoms with Gasteiger partial charge in [-0.1, -0.05) is 47.7 Å². The minimum absolute atomic E-state index is 0.176. The van der Waals surface area contributed by atoms with Gasteiger partial charge in [0.25, 0.3) is 0 Å². The van der Waals surface area contributed by atoms with Crippen LogP contribution in [0.4, 0.5) is 0 Å². The summed E-state index contributed by atoms with van der Waals surface area (Å²) in [5.41, 5.74) is 4.51. The maximum Gasteiger partial charge on any atom is 0.208 e. The second-order valence-electron chi connectivity index (χ2n) is 7.86. The van der Waals surface area contributed by atoms with Crippen LogP contribution in [0.3, 0.4) is 0 Å². The molecule has 2 aromatic carbocycles. The average molecular weight is 469 g/mol. The minimum atomic E-state index is -3.18. The third kappa shape index (κ3) is 5.68. The number of halogens is 1. The maximum absolute atomic E-state index is 12.5. The molecular formula is C25H25ClN2O3S. The zero-order valence-electron chi connectivity index (χ0n) is 18.5. The van der Waals surface area contributed by atoms with Gasteiger partial charge in [0.1, 0.15) is 5.02 Å². The van der Waals surface area contributed by atoms with Crippen LogP contribution in [0.2, 0.25) is 5.02 Å². The molecule has 32 heavy (non-hydrogen) atoms. The summed E-state index contributed by atoms with van der Waals surface area (Å²) in [7, 11) is -1.23. The maximum atomic E-state index is 12.5. The normalized spacial score (nSPS) is 11.3. The predicted octanol–water partition coefficient (Wildman–Crippen LogP) is 4.20. The number of hydrogen-bond acceptors (Lipinski definition) is 4. The molecule has 0 amide bonds. The van der Waals surface area contributed by atoms with Gasteiger partial charge in [-0.25, -0.2) is 8.42 Å². The number of rotatable bonds is 5. The zero-order chi connectivity index (χ0) is 23.5. The Labute approximate surface area is 194 Å². The molecule has 0 atom stereocenters. The van der Waals surface area contributed by atoms with Crippen LogP contribution in [0.15, 0.2) is 58.2 Å². The van der Waals surface area contributed by atoms with Crippen molar-refractivity contribution in [1.29, 1.82) is 0 Å². The van der Waals surface area contributed by atoms with E-state index >= 15 is 0 Å². The largest absolute Gasteiger partial charge is 0.361 e. The van der Waals surface area contributed by atoms with Gasteiger partial charge in [-0.3, -0.25) is 9.69 Å². The molecule has 0 aliphatic heterocycles. The van der Waals surface area contributed by atoms with E-state index in [-0.39, 0.29) is 10.5 Å². The molecule has 1 aromatic heterocycles. The lowest BCUT2D eigenvalue weighted by Gasteiger charge is -2.13. The van der Waals surface area contributed by atoms with Crippen molar-refractivity contribution in [3.05, 3.63) is 86.3 Å². The Morgan fingerprint density at radius 1 is 1.00 bits per heavy atom. The first kappa shape index (κ1) is 23.8. The van der Waals surface area contributed by atoms with E-state index in [1.807, 2.05) is 55.3 Å². The van der Waals surface area contributed by atoms with Crippen molar-refractivity contribution in [3.8, 4) is 23.0 Å². The highest BCUT2D eigenvalue weighted by Gasteiger charge is 2.12. The van der Waals surface area contributed by atoms with Crippen LogP contribution in [0, 0.1) is 25.7 Å². The van der Waals surface area contributed by atoms with Gasteiger partial charge in [0.2, 0.25) is 5.43 Å². The monoisotopic (exact) mass is 468 g/mol. The van der Waals surface area contributed by atoms with Crippen LogP contribution in [0.25, 0.3) is 11.1 Å². The van der Waals surface area contributed by atoms with Gasteiger partial charge in [-0.05, 0) is 56.3 Å². The number of H-pyrrole nitrogens is 1. The van der Waals surface area contributed by atoms with Gasteiger partial charge < -0.3 is 4.98 Å². The summed E-state index contributed by atoms with van der Waals surface area (Å²) in [6.07, 6.45) is 1.20. The fourth-order valence-electron chi connectivity index (χ4n) is 3.40. The van der Waals surface area contributed by atoms with Crippen molar-refractivity contribution < 1.29 is 8.42 Å². The second kappa shape index (κ2) is 9.74. The number of sulfone groups is 1. The molecule has 1 heterocycles. The molecule has 5 nitrogen and oxygen atoms in total. The molecule has 0 spiro atoms. The quantitative estimate of drug-likeness (QED) is 0.570. The SMILES string of the molecule is Cc1[nH]c(C)c(-c2ccc(C#CCN(C)Cc3ccc(S(C)(=O)=O)cc3)cc2)c(=O)c1Cl. The molecular weight excluding hydrogens is 444 g/mol. The molecule has 3 rings (SSSR count). The Morgan fingerprint density at radius 2 is 1.62 bits per heavy atom. The fourth-order valence-corrected chi connectivity index (χ4v) is 4.18. The van der Waals surface area contributed by atoms with E-state index in [1.54, 1.807) is 19.1 Å². The van der Waals surface area contributed by atoms with Crippen molar-refractivity contribution in [2.45, 2.75) is 25.3 Å². The minimum Gasteiger partial charge on any atom is -0.361 e. The lowest BCUT2D eigenvalue weighted by Crippen LogP contribution is -2.18. The van der Waals surface area contributed by atoms with E-state index in [0.29, 0.717) is 29.2 Å².